The smallest absolute Gasteiger partial charge is 0.326 e. The van der Waals surface area contributed by atoms with Crippen LogP contribution in [0.25, 0.3) is 0 Å². The van der Waals surface area contributed by atoms with E-state index in [1.54, 1.807) is 31.4 Å². The molecule has 0 unspecified atom stereocenters. The number of halogens is 1. The van der Waals surface area contributed by atoms with E-state index in [4.69, 9.17) is 9.15 Å². The number of hydrogen-bond acceptors (Lipinski definition) is 3. The van der Waals surface area contributed by atoms with Crippen LogP contribution in [-0.2, 0) is 0 Å². The SMILES string of the molecule is COc1ccccc1NC(=O)Nc1ccc(Br)o1. The quantitative estimate of drug-likeness (QED) is 0.908. The molecule has 2 N–H and O–H groups in total. The Morgan fingerprint density at radius 2 is 2.00 bits per heavy atom. The zero-order valence-corrected chi connectivity index (χ0v) is 11.2. The summed E-state index contributed by atoms with van der Waals surface area (Å²) in [5.41, 5.74) is 0.586. The minimum absolute atomic E-state index is 0.356. The van der Waals surface area contributed by atoms with E-state index < -0.39 is 6.03 Å². The summed E-state index contributed by atoms with van der Waals surface area (Å²) >= 11 is 3.15. The number of hydrogen-bond donors (Lipinski definition) is 2. The molecule has 0 saturated carbocycles. The maximum atomic E-state index is 11.7. The normalized spacial score (nSPS) is 9.89. The molecule has 0 bridgehead atoms. The molecule has 2 amide bonds. The third kappa shape index (κ3) is 3.04. The molecule has 0 atom stereocenters. The summed E-state index contributed by atoms with van der Waals surface area (Å²) in [6, 6.07) is 10.1. The Kier molecular flexibility index (Phi) is 3.88. The zero-order valence-electron chi connectivity index (χ0n) is 9.57. The summed E-state index contributed by atoms with van der Waals surface area (Å²) in [5, 5.41) is 5.23. The Hall–Kier alpha value is -1.95. The maximum Gasteiger partial charge on any atom is 0.326 e. The fourth-order valence-corrected chi connectivity index (χ4v) is 1.70. The van der Waals surface area contributed by atoms with Crippen molar-refractivity contribution < 1.29 is 13.9 Å². The summed E-state index contributed by atoms with van der Waals surface area (Å²) in [6.07, 6.45) is 0. The van der Waals surface area contributed by atoms with Gasteiger partial charge in [-0.2, -0.15) is 0 Å². The summed E-state index contributed by atoms with van der Waals surface area (Å²) < 4.78 is 10.8. The molecular weight excluding hydrogens is 300 g/mol. The molecule has 2 rings (SSSR count). The van der Waals surface area contributed by atoms with E-state index in [2.05, 4.69) is 26.6 Å². The number of anilines is 2. The number of benzene rings is 1. The van der Waals surface area contributed by atoms with Gasteiger partial charge in [0, 0.05) is 6.07 Å². The van der Waals surface area contributed by atoms with E-state index in [0.29, 0.717) is 22.0 Å². The van der Waals surface area contributed by atoms with Crippen molar-refractivity contribution in [2.75, 3.05) is 17.7 Å². The number of furan rings is 1. The highest BCUT2D eigenvalue weighted by atomic mass is 79.9. The number of methoxy groups -OCH3 is 1. The predicted molar refractivity (Wildman–Crippen MR) is 72.0 cm³/mol. The number of nitrogens with one attached hydrogen (secondary N) is 2. The minimum Gasteiger partial charge on any atom is -0.495 e. The third-order valence-corrected chi connectivity index (χ3v) is 2.59. The standard InChI is InChI=1S/C12H11BrN2O3/c1-17-9-5-3-2-4-8(9)14-12(16)15-11-7-6-10(13)18-11/h2-7H,1H3,(H2,14,15,16). The van der Waals surface area contributed by atoms with Crippen molar-refractivity contribution in [2.24, 2.45) is 0 Å². The second-order valence-electron chi connectivity index (χ2n) is 3.38. The van der Waals surface area contributed by atoms with Crippen molar-refractivity contribution >= 4 is 33.5 Å². The van der Waals surface area contributed by atoms with Gasteiger partial charge in [-0.25, -0.2) is 4.79 Å². The molecule has 6 heteroatoms. The van der Waals surface area contributed by atoms with Gasteiger partial charge in [0.15, 0.2) is 4.67 Å². The molecular formula is C12H11BrN2O3. The van der Waals surface area contributed by atoms with Gasteiger partial charge < -0.3 is 14.5 Å². The van der Waals surface area contributed by atoms with Crippen LogP contribution in [0.15, 0.2) is 45.5 Å². The number of para-hydroxylation sites is 2. The molecule has 1 aromatic heterocycles. The van der Waals surface area contributed by atoms with Crippen LogP contribution >= 0.6 is 15.9 Å². The van der Waals surface area contributed by atoms with Crippen molar-refractivity contribution in [3.05, 3.63) is 41.1 Å². The Labute approximate surface area is 112 Å². The third-order valence-electron chi connectivity index (χ3n) is 2.17. The van der Waals surface area contributed by atoms with Crippen molar-refractivity contribution in [1.82, 2.24) is 0 Å². The van der Waals surface area contributed by atoms with Crippen molar-refractivity contribution in [1.29, 1.82) is 0 Å². The first-order valence-electron chi connectivity index (χ1n) is 5.15. The first-order chi connectivity index (χ1) is 8.69. The lowest BCUT2D eigenvalue weighted by Gasteiger charge is -2.09. The largest absolute Gasteiger partial charge is 0.495 e. The second kappa shape index (κ2) is 5.59. The van der Waals surface area contributed by atoms with Gasteiger partial charge in [-0.15, -0.1) is 0 Å². The van der Waals surface area contributed by atoms with E-state index in [0.717, 1.165) is 0 Å². The minimum atomic E-state index is -0.402. The van der Waals surface area contributed by atoms with Crippen LogP contribution in [0.3, 0.4) is 0 Å². The van der Waals surface area contributed by atoms with Gasteiger partial charge in [0.25, 0.3) is 0 Å². The van der Waals surface area contributed by atoms with Gasteiger partial charge in [0.1, 0.15) is 5.75 Å². The Bertz CT molecular complexity index is 554. The van der Waals surface area contributed by atoms with Crippen LogP contribution in [-0.4, -0.2) is 13.1 Å². The molecule has 0 spiro atoms. The number of urea groups is 1. The van der Waals surface area contributed by atoms with Gasteiger partial charge in [-0.1, -0.05) is 12.1 Å². The summed E-state index contributed by atoms with van der Waals surface area (Å²) in [4.78, 5) is 11.7. The van der Waals surface area contributed by atoms with Crippen LogP contribution in [0, 0.1) is 0 Å². The molecule has 5 nitrogen and oxygen atoms in total. The molecule has 2 aromatic rings. The molecule has 94 valence electrons. The Balaban J connectivity index is 2.03. The van der Waals surface area contributed by atoms with Crippen molar-refractivity contribution in [3.8, 4) is 5.75 Å². The number of carbonyl (C=O) groups excluding carboxylic acids is 1. The molecule has 0 fully saturated rings. The number of rotatable bonds is 3. The summed E-state index contributed by atoms with van der Waals surface area (Å²) in [7, 11) is 1.54. The summed E-state index contributed by atoms with van der Waals surface area (Å²) in [5.74, 6) is 0.947. The van der Waals surface area contributed by atoms with Crippen LogP contribution in [0.4, 0.5) is 16.4 Å². The van der Waals surface area contributed by atoms with Crippen molar-refractivity contribution in [2.45, 2.75) is 0 Å². The molecule has 1 aromatic carbocycles. The monoisotopic (exact) mass is 310 g/mol. The molecule has 0 saturated heterocycles. The highest BCUT2D eigenvalue weighted by Gasteiger charge is 2.08. The molecule has 1 heterocycles. The molecule has 0 aliphatic rings. The first kappa shape index (κ1) is 12.5. The molecule has 0 aliphatic carbocycles. The van der Waals surface area contributed by atoms with Crippen LogP contribution in [0.1, 0.15) is 0 Å². The van der Waals surface area contributed by atoms with E-state index in [9.17, 15) is 4.79 Å². The molecule has 0 radical (unpaired) electrons. The molecule has 18 heavy (non-hydrogen) atoms. The van der Waals surface area contributed by atoms with Gasteiger partial charge in [-0.3, -0.25) is 5.32 Å². The summed E-state index contributed by atoms with van der Waals surface area (Å²) in [6.45, 7) is 0. The highest BCUT2D eigenvalue weighted by Crippen LogP contribution is 2.23. The van der Waals surface area contributed by atoms with E-state index in [1.165, 1.54) is 0 Å². The van der Waals surface area contributed by atoms with Crippen LogP contribution in [0.5, 0.6) is 5.75 Å². The fraction of sp³-hybridized carbons (Fsp3) is 0.0833. The van der Waals surface area contributed by atoms with E-state index >= 15 is 0 Å². The second-order valence-corrected chi connectivity index (χ2v) is 4.16. The van der Waals surface area contributed by atoms with Gasteiger partial charge in [0.05, 0.1) is 12.8 Å². The predicted octanol–water partition coefficient (Wildman–Crippen LogP) is 3.69. The van der Waals surface area contributed by atoms with E-state index in [-0.39, 0.29) is 0 Å². The zero-order chi connectivity index (χ0) is 13.0. The first-order valence-corrected chi connectivity index (χ1v) is 5.94. The Morgan fingerprint density at radius 1 is 1.22 bits per heavy atom. The average molecular weight is 311 g/mol. The van der Waals surface area contributed by atoms with Crippen molar-refractivity contribution in [3.63, 3.8) is 0 Å². The molecule has 0 aliphatic heterocycles. The highest BCUT2D eigenvalue weighted by molar-refractivity contribution is 9.10. The Morgan fingerprint density at radius 3 is 2.67 bits per heavy atom. The maximum absolute atomic E-state index is 11.7. The number of ether oxygens (including phenoxy) is 1. The van der Waals surface area contributed by atoms with Gasteiger partial charge >= 0.3 is 6.03 Å². The van der Waals surface area contributed by atoms with Crippen LogP contribution in [0.2, 0.25) is 0 Å². The number of carbonyl (C=O) groups is 1. The average Bonchev–Trinajstić information content (AvgIpc) is 2.75. The van der Waals surface area contributed by atoms with Crippen LogP contribution < -0.4 is 15.4 Å². The lowest BCUT2D eigenvalue weighted by molar-refractivity contribution is 0.261. The van der Waals surface area contributed by atoms with E-state index in [1.807, 2.05) is 12.1 Å². The fourth-order valence-electron chi connectivity index (χ4n) is 1.39. The van der Waals surface area contributed by atoms with Gasteiger partial charge in [0.2, 0.25) is 5.88 Å². The topological polar surface area (TPSA) is 63.5 Å². The lowest BCUT2D eigenvalue weighted by Crippen LogP contribution is -2.19. The van der Waals surface area contributed by atoms with Gasteiger partial charge in [-0.05, 0) is 34.1 Å². The number of amides is 2. The lowest BCUT2D eigenvalue weighted by atomic mass is 10.3.